The molecule has 98 valence electrons. The zero-order valence-electron chi connectivity index (χ0n) is 11.6. The highest BCUT2D eigenvalue weighted by Crippen LogP contribution is 2.38. The highest BCUT2D eigenvalue weighted by molar-refractivity contribution is 5.77. The first-order valence-corrected chi connectivity index (χ1v) is 7.45. The smallest absolute Gasteiger partial charge is 0.00107 e. The molecule has 0 radical (unpaired) electrons. The predicted octanol–water partition coefficient (Wildman–Crippen LogP) is 5.08. The number of aryl methyl sites for hydroxylation is 1. The van der Waals surface area contributed by atoms with E-state index in [1.54, 1.807) is 11.1 Å². The summed E-state index contributed by atoms with van der Waals surface area (Å²) in [6, 6.07) is 15.6. The molecule has 0 saturated heterocycles. The van der Waals surface area contributed by atoms with E-state index in [9.17, 15) is 0 Å². The van der Waals surface area contributed by atoms with Gasteiger partial charge in [-0.2, -0.15) is 0 Å². The standard InChI is InChI=1S/C20H18/c1-2-7-15(6-1)12-13-16-9-5-11-19-18-10-4-3-8-17(18)14-20(16)19/h1-6,8-11H,7,12-14H2. The molecule has 20 heavy (non-hydrogen) atoms. The summed E-state index contributed by atoms with van der Waals surface area (Å²) in [5, 5.41) is 0. The molecule has 0 heterocycles. The average molecular weight is 258 g/mol. The van der Waals surface area contributed by atoms with Crippen molar-refractivity contribution in [3.63, 3.8) is 0 Å². The molecule has 0 aliphatic heterocycles. The lowest BCUT2D eigenvalue weighted by molar-refractivity contribution is 0.907. The number of hydrogen-bond acceptors (Lipinski definition) is 0. The molecule has 0 nitrogen and oxygen atoms in total. The Morgan fingerprint density at radius 2 is 1.75 bits per heavy atom. The Kier molecular flexibility index (Phi) is 2.81. The van der Waals surface area contributed by atoms with Crippen LogP contribution in [-0.4, -0.2) is 0 Å². The van der Waals surface area contributed by atoms with Crippen molar-refractivity contribution in [1.82, 2.24) is 0 Å². The molecular weight excluding hydrogens is 240 g/mol. The minimum absolute atomic E-state index is 1.11. The molecule has 2 aliphatic rings. The van der Waals surface area contributed by atoms with Crippen LogP contribution >= 0.6 is 0 Å². The van der Waals surface area contributed by atoms with Gasteiger partial charge in [0.05, 0.1) is 0 Å². The maximum absolute atomic E-state index is 2.31. The fourth-order valence-electron chi connectivity index (χ4n) is 3.43. The first-order valence-electron chi connectivity index (χ1n) is 7.45. The maximum atomic E-state index is 2.31. The van der Waals surface area contributed by atoms with Crippen molar-refractivity contribution in [2.75, 3.05) is 0 Å². The van der Waals surface area contributed by atoms with Crippen LogP contribution in [0.1, 0.15) is 29.5 Å². The molecule has 0 bridgehead atoms. The van der Waals surface area contributed by atoms with E-state index >= 15 is 0 Å². The summed E-state index contributed by atoms with van der Waals surface area (Å²) in [5.74, 6) is 0. The number of allylic oxidation sites excluding steroid dienone is 4. The minimum Gasteiger partial charge on any atom is -0.0805 e. The summed E-state index contributed by atoms with van der Waals surface area (Å²) in [4.78, 5) is 0. The van der Waals surface area contributed by atoms with Gasteiger partial charge in [-0.15, -0.1) is 0 Å². The quantitative estimate of drug-likeness (QED) is 0.614. The van der Waals surface area contributed by atoms with E-state index < -0.39 is 0 Å². The first kappa shape index (κ1) is 11.7. The summed E-state index contributed by atoms with van der Waals surface area (Å²) < 4.78 is 0. The maximum Gasteiger partial charge on any atom is -0.00107 e. The number of fused-ring (bicyclic) bond motifs is 3. The molecule has 0 atom stereocenters. The predicted molar refractivity (Wildman–Crippen MR) is 84.8 cm³/mol. The van der Waals surface area contributed by atoms with E-state index in [1.165, 1.54) is 35.1 Å². The minimum atomic E-state index is 1.11. The van der Waals surface area contributed by atoms with Crippen LogP contribution in [0.4, 0.5) is 0 Å². The van der Waals surface area contributed by atoms with Crippen molar-refractivity contribution < 1.29 is 0 Å². The zero-order chi connectivity index (χ0) is 13.4. The SMILES string of the molecule is C1=CCC(CCc2cccc3c2Cc2ccccc2-3)=C1. The van der Waals surface area contributed by atoms with Crippen LogP contribution in [0.15, 0.2) is 66.3 Å². The van der Waals surface area contributed by atoms with Crippen molar-refractivity contribution in [3.05, 3.63) is 83.0 Å². The molecule has 0 saturated carbocycles. The lowest BCUT2D eigenvalue weighted by Crippen LogP contribution is -1.94. The average Bonchev–Trinajstić information content (AvgIpc) is 3.12. The van der Waals surface area contributed by atoms with Crippen LogP contribution in [0.2, 0.25) is 0 Å². The van der Waals surface area contributed by atoms with Gasteiger partial charge in [0.2, 0.25) is 0 Å². The molecule has 0 fully saturated rings. The van der Waals surface area contributed by atoms with E-state index in [0.29, 0.717) is 0 Å². The van der Waals surface area contributed by atoms with E-state index in [-0.39, 0.29) is 0 Å². The Morgan fingerprint density at radius 1 is 0.850 bits per heavy atom. The van der Waals surface area contributed by atoms with E-state index in [1.807, 2.05) is 0 Å². The van der Waals surface area contributed by atoms with Crippen molar-refractivity contribution >= 4 is 0 Å². The molecular formula is C20H18. The Bertz CT molecular complexity index is 717. The third kappa shape index (κ3) is 1.92. The second-order valence-electron chi connectivity index (χ2n) is 5.73. The van der Waals surface area contributed by atoms with Crippen LogP contribution in [-0.2, 0) is 12.8 Å². The fourth-order valence-corrected chi connectivity index (χ4v) is 3.43. The molecule has 4 rings (SSSR count). The number of benzene rings is 2. The van der Waals surface area contributed by atoms with Gasteiger partial charge in [-0.3, -0.25) is 0 Å². The van der Waals surface area contributed by atoms with Crippen molar-refractivity contribution in [2.45, 2.75) is 25.7 Å². The van der Waals surface area contributed by atoms with Crippen LogP contribution in [0.3, 0.4) is 0 Å². The molecule has 0 unspecified atom stereocenters. The summed E-state index contributed by atoms with van der Waals surface area (Å²) in [5.41, 5.74) is 9.03. The molecule has 0 heteroatoms. The zero-order valence-corrected chi connectivity index (χ0v) is 11.6. The van der Waals surface area contributed by atoms with Gasteiger partial charge in [0.1, 0.15) is 0 Å². The number of hydrogen-bond donors (Lipinski definition) is 0. The second-order valence-corrected chi connectivity index (χ2v) is 5.73. The van der Waals surface area contributed by atoms with E-state index in [0.717, 1.165) is 12.8 Å². The highest BCUT2D eigenvalue weighted by atomic mass is 14.2. The van der Waals surface area contributed by atoms with Gasteiger partial charge >= 0.3 is 0 Å². The Morgan fingerprint density at radius 3 is 2.65 bits per heavy atom. The molecule has 2 aromatic rings. The molecule has 0 N–H and O–H groups in total. The second kappa shape index (κ2) is 4.79. The molecule has 0 amide bonds. The lowest BCUT2D eigenvalue weighted by Gasteiger charge is -2.09. The third-order valence-corrected chi connectivity index (χ3v) is 4.51. The largest absolute Gasteiger partial charge is 0.0805 e. The monoisotopic (exact) mass is 258 g/mol. The summed E-state index contributed by atoms with van der Waals surface area (Å²) in [6.07, 6.45) is 11.3. The Balaban J connectivity index is 1.63. The molecule has 0 aromatic heterocycles. The third-order valence-electron chi connectivity index (χ3n) is 4.51. The van der Waals surface area contributed by atoms with Crippen LogP contribution in [0.25, 0.3) is 11.1 Å². The highest BCUT2D eigenvalue weighted by Gasteiger charge is 2.20. The van der Waals surface area contributed by atoms with Crippen LogP contribution in [0.5, 0.6) is 0 Å². The van der Waals surface area contributed by atoms with Gasteiger partial charge in [-0.05, 0) is 53.5 Å². The van der Waals surface area contributed by atoms with Crippen molar-refractivity contribution in [3.8, 4) is 11.1 Å². The van der Waals surface area contributed by atoms with E-state index in [4.69, 9.17) is 0 Å². The van der Waals surface area contributed by atoms with Crippen molar-refractivity contribution in [2.24, 2.45) is 0 Å². The lowest BCUT2D eigenvalue weighted by atomic mass is 9.96. The normalized spacial score (nSPS) is 15.1. The van der Waals surface area contributed by atoms with Crippen LogP contribution < -0.4 is 0 Å². The molecule has 2 aliphatic carbocycles. The topological polar surface area (TPSA) is 0 Å². The van der Waals surface area contributed by atoms with Gasteiger partial charge < -0.3 is 0 Å². The van der Waals surface area contributed by atoms with Crippen molar-refractivity contribution in [1.29, 1.82) is 0 Å². The number of rotatable bonds is 3. The Labute approximate surface area is 120 Å². The van der Waals surface area contributed by atoms with E-state index in [2.05, 4.69) is 60.7 Å². The summed E-state index contributed by atoms with van der Waals surface area (Å²) in [7, 11) is 0. The first-order chi connectivity index (χ1) is 9.92. The fraction of sp³-hybridized carbons (Fsp3) is 0.200. The van der Waals surface area contributed by atoms with Gasteiger partial charge in [0.25, 0.3) is 0 Å². The van der Waals surface area contributed by atoms with Gasteiger partial charge in [-0.25, -0.2) is 0 Å². The summed E-state index contributed by atoms with van der Waals surface area (Å²) >= 11 is 0. The Hall–Kier alpha value is -2.08. The molecule has 2 aromatic carbocycles. The van der Waals surface area contributed by atoms with Gasteiger partial charge in [0, 0.05) is 0 Å². The molecule has 0 spiro atoms. The van der Waals surface area contributed by atoms with Gasteiger partial charge in [0.15, 0.2) is 0 Å². The van der Waals surface area contributed by atoms with Gasteiger partial charge in [-0.1, -0.05) is 66.3 Å². The van der Waals surface area contributed by atoms with Crippen LogP contribution in [0, 0.1) is 0 Å². The summed E-state index contributed by atoms with van der Waals surface area (Å²) in [6.45, 7) is 0.